The summed E-state index contributed by atoms with van der Waals surface area (Å²) in [5.41, 5.74) is 0.665. The van der Waals surface area contributed by atoms with Crippen molar-refractivity contribution in [2.75, 3.05) is 5.32 Å². The summed E-state index contributed by atoms with van der Waals surface area (Å²) in [5.74, 6) is -0.929. The van der Waals surface area contributed by atoms with Crippen LogP contribution in [0.2, 0.25) is 0 Å². The summed E-state index contributed by atoms with van der Waals surface area (Å²) < 4.78 is 52.4. The molecule has 20 heavy (non-hydrogen) atoms. The molecule has 1 aromatic heterocycles. The van der Waals surface area contributed by atoms with E-state index in [-0.39, 0.29) is 5.69 Å². The zero-order valence-electron chi connectivity index (χ0n) is 10.9. The maximum Gasteiger partial charge on any atom is 0.416 e. The lowest BCUT2D eigenvalue weighted by Crippen LogP contribution is -2.07. The lowest BCUT2D eigenvalue weighted by molar-refractivity contribution is -0.137. The summed E-state index contributed by atoms with van der Waals surface area (Å²) in [5, 5.41) is 6.89. The van der Waals surface area contributed by atoms with Crippen LogP contribution in [0.1, 0.15) is 16.8 Å². The Hall–Kier alpha value is -2.05. The van der Waals surface area contributed by atoms with Gasteiger partial charge in [-0.2, -0.15) is 18.3 Å². The van der Waals surface area contributed by atoms with Crippen LogP contribution in [0.4, 0.5) is 23.2 Å². The number of aromatic nitrogens is 2. The van der Waals surface area contributed by atoms with Crippen molar-refractivity contribution in [2.45, 2.75) is 19.6 Å². The molecular formula is C13H13F4N3. The molecule has 1 aromatic carbocycles. The number of benzene rings is 1. The summed E-state index contributed by atoms with van der Waals surface area (Å²) in [6.45, 7) is 2.10. The van der Waals surface area contributed by atoms with Gasteiger partial charge >= 0.3 is 6.18 Å². The highest BCUT2D eigenvalue weighted by Crippen LogP contribution is 2.31. The van der Waals surface area contributed by atoms with Gasteiger partial charge in [-0.3, -0.25) is 4.68 Å². The first-order chi connectivity index (χ1) is 9.27. The Morgan fingerprint density at radius 2 is 2.00 bits per heavy atom. The average molecular weight is 287 g/mol. The molecule has 0 bridgehead atoms. The monoisotopic (exact) mass is 287 g/mol. The van der Waals surface area contributed by atoms with Crippen molar-refractivity contribution in [2.24, 2.45) is 7.05 Å². The van der Waals surface area contributed by atoms with Crippen LogP contribution in [-0.2, 0) is 19.8 Å². The number of halogens is 4. The van der Waals surface area contributed by atoms with Crippen molar-refractivity contribution in [3.8, 4) is 0 Å². The number of aryl methyl sites for hydroxylation is 2. The number of nitrogens with one attached hydrogen (secondary N) is 1. The first-order valence-electron chi connectivity index (χ1n) is 5.87. The molecule has 1 N–H and O–H groups in total. The largest absolute Gasteiger partial charge is 0.416 e. The minimum atomic E-state index is -4.54. The maximum atomic E-state index is 13.6. The molecule has 0 spiro atoms. The van der Waals surface area contributed by atoms with E-state index in [1.165, 1.54) is 0 Å². The molecule has 108 valence electrons. The predicted octanol–water partition coefficient (Wildman–Crippen LogP) is 3.50. The summed E-state index contributed by atoms with van der Waals surface area (Å²) in [7, 11) is 1.76. The van der Waals surface area contributed by atoms with Gasteiger partial charge in [0.25, 0.3) is 0 Å². The van der Waals surface area contributed by atoms with E-state index in [0.717, 1.165) is 23.4 Å². The fourth-order valence-corrected chi connectivity index (χ4v) is 1.85. The molecule has 0 aliphatic rings. The van der Waals surface area contributed by atoms with Crippen LogP contribution in [0.15, 0.2) is 24.4 Å². The van der Waals surface area contributed by atoms with E-state index in [0.29, 0.717) is 12.6 Å². The van der Waals surface area contributed by atoms with Gasteiger partial charge in [0.2, 0.25) is 0 Å². The molecule has 0 saturated carbocycles. The van der Waals surface area contributed by atoms with Crippen molar-refractivity contribution < 1.29 is 17.6 Å². The lowest BCUT2D eigenvalue weighted by Gasteiger charge is -2.10. The number of hydrogen-bond acceptors (Lipinski definition) is 2. The number of nitrogens with zero attached hydrogens (tertiary/aromatic N) is 2. The van der Waals surface area contributed by atoms with Gasteiger partial charge in [0.05, 0.1) is 16.9 Å². The second-order valence-electron chi connectivity index (χ2n) is 4.46. The Morgan fingerprint density at radius 1 is 1.30 bits per heavy atom. The molecule has 0 atom stereocenters. The first-order valence-corrected chi connectivity index (χ1v) is 5.87. The molecule has 0 fully saturated rings. The van der Waals surface area contributed by atoms with Gasteiger partial charge in [0, 0.05) is 25.4 Å². The van der Waals surface area contributed by atoms with Crippen LogP contribution >= 0.6 is 0 Å². The van der Waals surface area contributed by atoms with Gasteiger partial charge < -0.3 is 5.32 Å². The van der Waals surface area contributed by atoms with Gasteiger partial charge in [0.1, 0.15) is 5.82 Å². The topological polar surface area (TPSA) is 29.9 Å². The molecule has 3 nitrogen and oxygen atoms in total. The van der Waals surface area contributed by atoms with Crippen molar-refractivity contribution in [3.05, 3.63) is 47.0 Å². The molecule has 2 aromatic rings. The molecule has 0 saturated heterocycles. The van der Waals surface area contributed by atoms with Crippen LogP contribution in [0.25, 0.3) is 0 Å². The summed E-state index contributed by atoms with van der Waals surface area (Å²) in [6, 6.07) is 2.42. The van der Waals surface area contributed by atoms with Crippen LogP contribution in [0.5, 0.6) is 0 Å². The van der Waals surface area contributed by atoms with E-state index in [9.17, 15) is 17.6 Å². The van der Waals surface area contributed by atoms with Crippen molar-refractivity contribution >= 4 is 5.69 Å². The second-order valence-corrected chi connectivity index (χ2v) is 4.46. The van der Waals surface area contributed by atoms with E-state index in [1.807, 2.05) is 0 Å². The molecule has 0 aliphatic heterocycles. The Morgan fingerprint density at radius 3 is 2.50 bits per heavy atom. The van der Waals surface area contributed by atoms with Crippen molar-refractivity contribution in [3.63, 3.8) is 0 Å². The third-order valence-electron chi connectivity index (χ3n) is 2.88. The third-order valence-corrected chi connectivity index (χ3v) is 2.88. The smallest absolute Gasteiger partial charge is 0.378 e. The highest BCUT2D eigenvalue weighted by molar-refractivity contribution is 5.47. The average Bonchev–Trinajstić information content (AvgIpc) is 2.65. The summed E-state index contributed by atoms with van der Waals surface area (Å²) in [6.07, 6.45) is -2.77. The third kappa shape index (κ3) is 3.09. The molecule has 0 unspecified atom stereocenters. The van der Waals surface area contributed by atoms with Gasteiger partial charge in [0.15, 0.2) is 0 Å². The maximum absolute atomic E-state index is 13.6. The number of hydrogen-bond donors (Lipinski definition) is 1. The van der Waals surface area contributed by atoms with Crippen LogP contribution in [0.3, 0.4) is 0 Å². The van der Waals surface area contributed by atoms with E-state index >= 15 is 0 Å². The quantitative estimate of drug-likeness (QED) is 0.876. The van der Waals surface area contributed by atoms with E-state index < -0.39 is 17.6 Å². The molecule has 1 heterocycles. The molecule has 2 rings (SSSR count). The van der Waals surface area contributed by atoms with Gasteiger partial charge in [-0.1, -0.05) is 0 Å². The van der Waals surface area contributed by atoms with Crippen molar-refractivity contribution in [1.82, 2.24) is 9.78 Å². The van der Waals surface area contributed by atoms with E-state index in [4.69, 9.17) is 0 Å². The molecule has 0 amide bonds. The standard InChI is InChI=1S/C13H13F4N3/c1-8-9(7-20(2)19-8)6-18-12-4-3-10(5-11(12)14)13(15,16)17/h3-5,7,18H,6H2,1-2H3. The van der Waals surface area contributed by atoms with Gasteiger partial charge in [-0.15, -0.1) is 0 Å². The highest BCUT2D eigenvalue weighted by Gasteiger charge is 2.31. The number of rotatable bonds is 3. The van der Waals surface area contributed by atoms with E-state index in [1.54, 1.807) is 24.9 Å². The summed E-state index contributed by atoms with van der Waals surface area (Å²) >= 11 is 0. The minimum absolute atomic E-state index is 0.0289. The first kappa shape index (κ1) is 14.4. The van der Waals surface area contributed by atoms with Crippen LogP contribution < -0.4 is 5.32 Å². The SMILES string of the molecule is Cc1nn(C)cc1CNc1ccc(C(F)(F)F)cc1F. The predicted molar refractivity (Wildman–Crippen MR) is 66.7 cm³/mol. The van der Waals surface area contributed by atoms with Crippen LogP contribution in [-0.4, -0.2) is 9.78 Å². The Balaban J connectivity index is 2.13. The second kappa shape index (κ2) is 5.15. The zero-order chi connectivity index (χ0) is 14.9. The number of anilines is 1. The molecule has 0 radical (unpaired) electrons. The van der Waals surface area contributed by atoms with Crippen LogP contribution in [0, 0.1) is 12.7 Å². The highest BCUT2D eigenvalue weighted by atomic mass is 19.4. The van der Waals surface area contributed by atoms with Gasteiger partial charge in [-0.05, 0) is 25.1 Å². The zero-order valence-corrected chi connectivity index (χ0v) is 10.9. The molecular weight excluding hydrogens is 274 g/mol. The molecule has 0 aliphatic carbocycles. The molecule has 7 heteroatoms. The fourth-order valence-electron chi connectivity index (χ4n) is 1.85. The fraction of sp³-hybridized carbons (Fsp3) is 0.308. The van der Waals surface area contributed by atoms with Crippen molar-refractivity contribution in [1.29, 1.82) is 0 Å². The Labute approximate surface area is 113 Å². The normalized spacial score (nSPS) is 11.7. The Kier molecular flexibility index (Phi) is 3.69. The lowest BCUT2D eigenvalue weighted by atomic mass is 10.2. The van der Waals surface area contributed by atoms with E-state index in [2.05, 4.69) is 10.4 Å². The number of alkyl halides is 3. The summed E-state index contributed by atoms with van der Waals surface area (Å²) in [4.78, 5) is 0. The minimum Gasteiger partial charge on any atom is -0.378 e. The Bertz CT molecular complexity index is 617. The van der Waals surface area contributed by atoms with Gasteiger partial charge in [-0.25, -0.2) is 4.39 Å².